The first kappa shape index (κ1) is 14.7. The van der Waals surface area contributed by atoms with Gasteiger partial charge in [-0.3, -0.25) is 16.0 Å². The van der Waals surface area contributed by atoms with Crippen molar-refractivity contribution in [3.05, 3.63) is 64.0 Å². The molecule has 2 aromatic carbocycles. The van der Waals surface area contributed by atoms with Gasteiger partial charge in [-0.15, -0.1) is 0 Å². The Kier molecular flexibility index (Phi) is 4.34. The van der Waals surface area contributed by atoms with E-state index in [2.05, 4.69) is 5.43 Å². The molecular weight excluding hydrogens is 275 g/mol. The molecule has 0 heterocycles. The Morgan fingerprint density at radius 3 is 2.52 bits per heavy atom. The predicted octanol–water partition coefficient (Wildman–Crippen LogP) is 2.66. The largest absolute Gasteiger partial charge is 0.370 e. The summed E-state index contributed by atoms with van der Waals surface area (Å²) in [4.78, 5) is 12.2. The number of nitrogens with one attached hydrogen (secondary N) is 1. The van der Waals surface area contributed by atoms with Crippen molar-refractivity contribution >= 4 is 17.1 Å². The molecule has 0 saturated carbocycles. The zero-order chi connectivity index (χ0) is 15.4. The number of hydrogen-bond acceptors (Lipinski definition) is 5. The summed E-state index contributed by atoms with van der Waals surface area (Å²) < 4.78 is 12.9. The van der Waals surface area contributed by atoms with Gasteiger partial charge < -0.3 is 10.3 Å². The topological polar surface area (TPSA) is 84.4 Å². The monoisotopic (exact) mass is 290 g/mol. The number of nitrogens with zero attached hydrogens (tertiary/aromatic N) is 2. The molecule has 3 N–H and O–H groups in total. The number of hydrogen-bond donors (Lipinski definition) is 2. The van der Waals surface area contributed by atoms with Crippen LogP contribution in [0, 0.1) is 15.9 Å². The van der Waals surface area contributed by atoms with E-state index in [1.807, 2.05) is 11.9 Å². The van der Waals surface area contributed by atoms with E-state index in [1.54, 1.807) is 24.3 Å². The van der Waals surface area contributed by atoms with Crippen LogP contribution >= 0.6 is 0 Å². The highest BCUT2D eigenvalue weighted by molar-refractivity contribution is 5.62. The second-order valence-electron chi connectivity index (χ2n) is 4.59. The highest BCUT2D eigenvalue weighted by atomic mass is 19.1. The minimum atomic E-state index is -0.497. The number of hydrazine groups is 1. The Bertz CT molecular complexity index is 646. The van der Waals surface area contributed by atoms with Crippen LogP contribution in [0.15, 0.2) is 42.5 Å². The van der Waals surface area contributed by atoms with Crippen LogP contribution in [-0.4, -0.2) is 12.0 Å². The third-order valence-electron chi connectivity index (χ3n) is 3.10. The van der Waals surface area contributed by atoms with Crippen LogP contribution in [0.3, 0.4) is 0 Å². The third kappa shape index (κ3) is 3.46. The molecule has 2 rings (SSSR count). The molecule has 0 aliphatic rings. The number of nitro groups is 1. The lowest BCUT2D eigenvalue weighted by Gasteiger charge is -2.19. The Balaban J connectivity index is 2.19. The van der Waals surface area contributed by atoms with Gasteiger partial charge in [0.2, 0.25) is 0 Å². The van der Waals surface area contributed by atoms with Crippen LogP contribution in [0.2, 0.25) is 0 Å². The van der Waals surface area contributed by atoms with Gasteiger partial charge in [-0.25, -0.2) is 4.39 Å². The van der Waals surface area contributed by atoms with E-state index in [1.165, 1.54) is 18.2 Å². The van der Waals surface area contributed by atoms with Crippen molar-refractivity contribution < 1.29 is 9.31 Å². The van der Waals surface area contributed by atoms with Gasteiger partial charge in [-0.1, -0.05) is 6.07 Å². The lowest BCUT2D eigenvalue weighted by Crippen LogP contribution is -2.17. The highest BCUT2D eigenvalue weighted by Crippen LogP contribution is 2.25. The van der Waals surface area contributed by atoms with Crippen molar-refractivity contribution in [2.75, 3.05) is 17.4 Å². The summed E-state index contributed by atoms with van der Waals surface area (Å²) in [5.74, 6) is 5.01. The van der Waals surface area contributed by atoms with E-state index in [0.717, 1.165) is 11.3 Å². The molecule has 2 aromatic rings. The van der Waals surface area contributed by atoms with Gasteiger partial charge >= 0.3 is 0 Å². The first-order valence-electron chi connectivity index (χ1n) is 6.22. The summed E-state index contributed by atoms with van der Waals surface area (Å²) in [6.07, 6.45) is 0. The van der Waals surface area contributed by atoms with Crippen molar-refractivity contribution in [2.24, 2.45) is 5.84 Å². The normalized spacial score (nSPS) is 10.2. The zero-order valence-corrected chi connectivity index (χ0v) is 11.4. The molecular formula is C14H15FN4O2. The summed E-state index contributed by atoms with van der Waals surface area (Å²) in [6, 6.07) is 10.8. The van der Waals surface area contributed by atoms with Crippen molar-refractivity contribution in [1.82, 2.24) is 0 Å². The number of halogens is 1. The van der Waals surface area contributed by atoms with E-state index in [9.17, 15) is 14.5 Å². The smallest absolute Gasteiger partial charge is 0.293 e. The fourth-order valence-corrected chi connectivity index (χ4v) is 2.02. The molecule has 0 aliphatic carbocycles. The van der Waals surface area contributed by atoms with Gasteiger partial charge in [0.15, 0.2) is 0 Å². The number of nitro benzene ring substituents is 1. The number of nitrogen functional groups attached to an aromatic ring is 1. The molecule has 7 heteroatoms. The Labute approximate surface area is 121 Å². The maximum atomic E-state index is 12.9. The first-order valence-corrected chi connectivity index (χ1v) is 6.22. The molecule has 6 nitrogen and oxygen atoms in total. The Morgan fingerprint density at radius 2 is 1.95 bits per heavy atom. The second kappa shape index (κ2) is 6.19. The summed E-state index contributed by atoms with van der Waals surface area (Å²) in [5.41, 5.74) is 4.20. The van der Waals surface area contributed by atoms with Gasteiger partial charge in [0, 0.05) is 25.3 Å². The highest BCUT2D eigenvalue weighted by Gasteiger charge is 2.13. The van der Waals surface area contributed by atoms with E-state index in [0.29, 0.717) is 6.54 Å². The van der Waals surface area contributed by atoms with Crippen LogP contribution in [0.5, 0.6) is 0 Å². The van der Waals surface area contributed by atoms with Gasteiger partial charge in [0.05, 0.1) is 4.92 Å². The predicted molar refractivity (Wildman–Crippen MR) is 79.4 cm³/mol. The maximum absolute atomic E-state index is 12.9. The molecule has 0 saturated heterocycles. The molecule has 0 amide bonds. The molecule has 0 aliphatic heterocycles. The quantitative estimate of drug-likeness (QED) is 0.502. The molecule has 0 atom stereocenters. The molecule has 21 heavy (non-hydrogen) atoms. The number of rotatable bonds is 5. The summed E-state index contributed by atoms with van der Waals surface area (Å²) in [6.45, 7) is 0.512. The molecule has 0 aromatic heterocycles. The minimum Gasteiger partial charge on any atom is -0.370 e. The molecule has 0 spiro atoms. The van der Waals surface area contributed by atoms with Crippen molar-refractivity contribution in [2.45, 2.75) is 6.54 Å². The maximum Gasteiger partial charge on any atom is 0.293 e. The standard InChI is InChI=1S/C14H15FN4O2/c1-18(12-5-3-11(15)4-6-12)9-10-2-7-14(19(20)21)13(8-10)17-16/h2-8,17H,9,16H2,1H3. The van der Waals surface area contributed by atoms with Gasteiger partial charge in [0.25, 0.3) is 5.69 Å². The fourth-order valence-electron chi connectivity index (χ4n) is 2.02. The Hall–Kier alpha value is -2.67. The van der Waals surface area contributed by atoms with Crippen LogP contribution < -0.4 is 16.2 Å². The molecule has 110 valence electrons. The van der Waals surface area contributed by atoms with E-state index in [4.69, 9.17) is 5.84 Å². The average Bonchev–Trinajstić information content (AvgIpc) is 2.47. The fraction of sp³-hybridized carbons (Fsp3) is 0.143. The van der Waals surface area contributed by atoms with Crippen LogP contribution in [0.4, 0.5) is 21.5 Å². The second-order valence-corrected chi connectivity index (χ2v) is 4.59. The third-order valence-corrected chi connectivity index (χ3v) is 3.10. The molecule has 0 fully saturated rings. The van der Waals surface area contributed by atoms with E-state index < -0.39 is 4.92 Å². The van der Waals surface area contributed by atoms with Crippen LogP contribution in [0.25, 0.3) is 0 Å². The Morgan fingerprint density at radius 1 is 1.29 bits per heavy atom. The molecule has 0 unspecified atom stereocenters. The van der Waals surface area contributed by atoms with Gasteiger partial charge in [-0.05, 0) is 35.9 Å². The van der Waals surface area contributed by atoms with E-state index in [-0.39, 0.29) is 17.2 Å². The summed E-state index contributed by atoms with van der Waals surface area (Å²) in [5, 5.41) is 10.8. The van der Waals surface area contributed by atoms with Crippen molar-refractivity contribution in [3.63, 3.8) is 0 Å². The van der Waals surface area contributed by atoms with Gasteiger partial charge in [-0.2, -0.15) is 0 Å². The summed E-state index contributed by atoms with van der Waals surface area (Å²) in [7, 11) is 1.85. The lowest BCUT2D eigenvalue weighted by molar-refractivity contribution is -0.384. The number of benzene rings is 2. The zero-order valence-electron chi connectivity index (χ0n) is 11.4. The van der Waals surface area contributed by atoms with Crippen LogP contribution in [-0.2, 0) is 6.54 Å². The summed E-state index contributed by atoms with van der Waals surface area (Å²) >= 11 is 0. The van der Waals surface area contributed by atoms with Crippen molar-refractivity contribution in [1.29, 1.82) is 0 Å². The molecule has 0 radical (unpaired) electrons. The SMILES string of the molecule is CN(Cc1ccc([N+](=O)[O-])c(NN)c1)c1ccc(F)cc1. The lowest BCUT2D eigenvalue weighted by atomic mass is 10.1. The number of nitrogens with two attached hydrogens (primary N) is 1. The molecule has 0 bridgehead atoms. The van der Waals surface area contributed by atoms with Crippen molar-refractivity contribution in [3.8, 4) is 0 Å². The number of anilines is 2. The van der Waals surface area contributed by atoms with E-state index >= 15 is 0 Å². The first-order chi connectivity index (χ1) is 10.0. The minimum absolute atomic E-state index is 0.0781. The average molecular weight is 290 g/mol. The van der Waals surface area contributed by atoms with Gasteiger partial charge in [0.1, 0.15) is 11.5 Å². The van der Waals surface area contributed by atoms with Crippen LogP contribution in [0.1, 0.15) is 5.56 Å².